The summed E-state index contributed by atoms with van der Waals surface area (Å²) in [7, 11) is 5.33. The molecule has 0 aliphatic heterocycles. The summed E-state index contributed by atoms with van der Waals surface area (Å²) in [4.78, 5) is 0. The zero-order valence-corrected chi connectivity index (χ0v) is 12.4. The highest BCUT2D eigenvalue weighted by Crippen LogP contribution is 2.34. The van der Waals surface area contributed by atoms with Crippen molar-refractivity contribution in [2.75, 3.05) is 21.3 Å². The number of benzene rings is 2. The van der Waals surface area contributed by atoms with Gasteiger partial charge < -0.3 is 14.8 Å². The first-order valence-corrected chi connectivity index (χ1v) is 6.66. The maximum Gasteiger partial charge on any atom is 0.124 e. The fourth-order valence-electron chi connectivity index (χ4n) is 2.46. The van der Waals surface area contributed by atoms with Crippen LogP contribution < -0.4 is 14.8 Å². The minimum atomic E-state index is 0.0287. The molecule has 0 aliphatic rings. The quantitative estimate of drug-likeness (QED) is 0.905. The largest absolute Gasteiger partial charge is 0.496 e. The Kier molecular flexibility index (Phi) is 4.64. The third kappa shape index (κ3) is 2.78. The monoisotopic (exact) mass is 271 g/mol. The molecule has 0 saturated heterocycles. The van der Waals surface area contributed by atoms with Crippen LogP contribution in [0.2, 0.25) is 0 Å². The zero-order valence-electron chi connectivity index (χ0n) is 12.4. The van der Waals surface area contributed by atoms with E-state index in [1.807, 2.05) is 31.3 Å². The molecule has 3 nitrogen and oxygen atoms in total. The van der Waals surface area contributed by atoms with Gasteiger partial charge in [-0.05, 0) is 26.1 Å². The smallest absolute Gasteiger partial charge is 0.124 e. The summed E-state index contributed by atoms with van der Waals surface area (Å²) in [5.74, 6) is 1.75. The summed E-state index contributed by atoms with van der Waals surface area (Å²) in [6.45, 7) is 2.08. The molecule has 0 fully saturated rings. The lowest BCUT2D eigenvalue weighted by molar-refractivity contribution is 0.396. The molecule has 0 aromatic heterocycles. The number of nitrogens with one attached hydrogen (secondary N) is 1. The van der Waals surface area contributed by atoms with Crippen LogP contribution in [-0.2, 0) is 0 Å². The van der Waals surface area contributed by atoms with E-state index >= 15 is 0 Å². The number of rotatable bonds is 5. The van der Waals surface area contributed by atoms with Crippen molar-refractivity contribution in [3.8, 4) is 11.5 Å². The molecule has 0 aliphatic carbocycles. The van der Waals surface area contributed by atoms with Gasteiger partial charge in [-0.15, -0.1) is 0 Å². The molecular weight excluding hydrogens is 250 g/mol. The maximum atomic E-state index is 5.50. The molecule has 1 unspecified atom stereocenters. The van der Waals surface area contributed by atoms with Gasteiger partial charge in [0, 0.05) is 11.1 Å². The number of ether oxygens (including phenoxy) is 2. The molecule has 0 heterocycles. The van der Waals surface area contributed by atoms with Gasteiger partial charge in [-0.1, -0.05) is 35.9 Å². The molecule has 0 bridgehead atoms. The Morgan fingerprint density at radius 2 is 1.55 bits per heavy atom. The molecule has 3 heteroatoms. The van der Waals surface area contributed by atoms with E-state index < -0.39 is 0 Å². The first-order chi connectivity index (χ1) is 9.71. The van der Waals surface area contributed by atoms with Gasteiger partial charge in [0.1, 0.15) is 11.5 Å². The molecule has 2 rings (SSSR count). The van der Waals surface area contributed by atoms with E-state index in [0.717, 1.165) is 22.6 Å². The van der Waals surface area contributed by atoms with Crippen LogP contribution in [0.3, 0.4) is 0 Å². The van der Waals surface area contributed by atoms with Gasteiger partial charge in [0.15, 0.2) is 0 Å². The Hall–Kier alpha value is -2.00. The van der Waals surface area contributed by atoms with Gasteiger partial charge in [0.25, 0.3) is 0 Å². The van der Waals surface area contributed by atoms with Crippen LogP contribution in [-0.4, -0.2) is 21.3 Å². The topological polar surface area (TPSA) is 30.5 Å². The maximum absolute atomic E-state index is 5.50. The lowest BCUT2D eigenvalue weighted by Gasteiger charge is -2.22. The Balaban J connectivity index is 2.55. The van der Waals surface area contributed by atoms with E-state index in [-0.39, 0.29) is 6.04 Å². The predicted molar refractivity (Wildman–Crippen MR) is 81.6 cm³/mol. The summed E-state index contributed by atoms with van der Waals surface area (Å²) in [5.41, 5.74) is 3.41. The third-order valence-electron chi connectivity index (χ3n) is 3.43. The van der Waals surface area contributed by atoms with Crippen LogP contribution in [0, 0.1) is 6.92 Å². The Morgan fingerprint density at radius 1 is 0.900 bits per heavy atom. The van der Waals surface area contributed by atoms with Crippen LogP contribution in [0.1, 0.15) is 22.7 Å². The van der Waals surface area contributed by atoms with Crippen molar-refractivity contribution >= 4 is 0 Å². The van der Waals surface area contributed by atoms with Crippen molar-refractivity contribution in [2.24, 2.45) is 0 Å². The van der Waals surface area contributed by atoms with Gasteiger partial charge in [-0.2, -0.15) is 0 Å². The summed E-state index contributed by atoms with van der Waals surface area (Å²) >= 11 is 0. The van der Waals surface area contributed by atoms with Crippen LogP contribution in [0.15, 0.2) is 42.5 Å². The molecule has 0 radical (unpaired) electrons. The van der Waals surface area contributed by atoms with E-state index in [1.54, 1.807) is 14.2 Å². The minimum Gasteiger partial charge on any atom is -0.496 e. The molecule has 2 aromatic carbocycles. The van der Waals surface area contributed by atoms with Crippen molar-refractivity contribution in [1.29, 1.82) is 0 Å². The predicted octanol–water partition coefficient (Wildman–Crippen LogP) is 3.32. The van der Waals surface area contributed by atoms with E-state index in [9.17, 15) is 0 Å². The highest BCUT2D eigenvalue weighted by Gasteiger charge is 2.19. The van der Waals surface area contributed by atoms with Gasteiger partial charge in [0.05, 0.1) is 20.3 Å². The molecule has 1 N–H and O–H groups in total. The van der Waals surface area contributed by atoms with Crippen molar-refractivity contribution < 1.29 is 9.47 Å². The zero-order chi connectivity index (χ0) is 14.5. The van der Waals surface area contributed by atoms with Gasteiger partial charge in [-0.3, -0.25) is 0 Å². The SMILES string of the molecule is CNC(c1ccccc1OC)c1cc(C)ccc1OC. The third-order valence-corrected chi connectivity index (χ3v) is 3.43. The summed E-state index contributed by atoms with van der Waals surface area (Å²) in [5, 5.41) is 3.35. The molecule has 20 heavy (non-hydrogen) atoms. The van der Waals surface area contributed by atoms with Crippen LogP contribution in [0.5, 0.6) is 11.5 Å². The number of para-hydroxylation sites is 1. The summed E-state index contributed by atoms with van der Waals surface area (Å²) < 4.78 is 11.0. The average molecular weight is 271 g/mol. The Morgan fingerprint density at radius 3 is 2.20 bits per heavy atom. The standard InChI is InChI=1S/C17H21NO2/c1-12-9-10-16(20-4)14(11-12)17(18-2)13-7-5-6-8-15(13)19-3/h5-11,17-18H,1-4H3. The summed E-state index contributed by atoms with van der Waals surface area (Å²) in [6.07, 6.45) is 0. The van der Waals surface area contributed by atoms with Crippen molar-refractivity contribution in [3.63, 3.8) is 0 Å². The molecule has 0 spiro atoms. The first kappa shape index (κ1) is 14.4. The normalized spacial score (nSPS) is 12.0. The van der Waals surface area contributed by atoms with E-state index in [1.165, 1.54) is 5.56 Å². The fourth-order valence-corrected chi connectivity index (χ4v) is 2.46. The number of methoxy groups -OCH3 is 2. The second kappa shape index (κ2) is 6.44. The molecule has 0 amide bonds. The lowest BCUT2D eigenvalue weighted by atomic mass is 9.95. The molecule has 0 saturated carbocycles. The van der Waals surface area contributed by atoms with Gasteiger partial charge >= 0.3 is 0 Å². The van der Waals surface area contributed by atoms with Crippen molar-refractivity contribution in [2.45, 2.75) is 13.0 Å². The first-order valence-electron chi connectivity index (χ1n) is 6.66. The van der Waals surface area contributed by atoms with Gasteiger partial charge in [-0.25, -0.2) is 0 Å². The number of hydrogen-bond acceptors (Lipinski definition) is 3. The van der Waals surface area contributed by atoms with Crippen LogP contribution in [0.4, 0.5) is 0 Å². The Labute approximate surface area is 120 Å². The minimum absolute atomic E-state index is 0.0287. The van der Waals surface area contributed by atoms with E-state index in [0.29, 0.717) is 0 Å². The molecule has 2 aromatic rings. The Bertz CT molecular complexity index is 581. The number of aryl methyl sites for hydroxylation is 1. The van der Waals surface area contributed by atoms with Crippen molar-refractivity contribution in [3.05, 3.63) is 59.2 Å². The second-order valence-electron chi connectivity index (χ2n) is 4.71. The highest BCUT2D eigenvalue weighted by molar-refractivity contribution is 5.47. The van der Waals surface area contributed by atoms with E-state index in [2.05, 4.69) is 30.4 Å². The number of hydrogen-bond donors (Lipinski definition) is 1. The molecular formula is C17H21NO2. The highest BCUT2D eigenvalue weighted by atomic mass is 16.5. The van der Waals surface area contributed by atoms with Crippen molar-refractivity contribution in [1.82, 2.24) is 5.32 Å². The van der Waals surface area contributed by atoms with E-state index in [4.69, 9.17) is 9.47 Å². The average Bonchev–Trinajstić information content (AvgIpc) is 2.49. The van der Waals surface area contributed by atoms with Gasteiger partial charge in [0.2, 0.25) is 0 Å². The molecule has 1 atom stereocenters. The summed E-state index contributed by atoms with van der Waals surface area (Å²) in [6, 6.07) is 14.3. The fraction of sp³-hybridized carbons (Fsp3) is 0.294. The molecule has 106 valence electrons. The second-order valence-corrected chi connectivity index (χ2v) is 4.71. The van der Waals surface area contributed by atoms with Crippen LogP contribution in [0.25, 0.3) is 0 Å². The van der Waals surface area contributed by atoms with Crippen LogP contribution >= 0.6 is 0 Å². The lowest BCUT2D eigenvalue weighted by Crippen LogP contribution is -2.19.